The van der Waals surface area contributed by atoms with Crippen LogP contribution in [-0.4, -0.2) is 16.9 Å². The zero-order valence-corrected chi connectivity index (χ0v) is 17.0. The largest absolute Gasteiger partial charge is 0.456 e. The molecule has 0 aromatic heterocycles. The Morgan fingerprint density at radius 3 is 1.52 bits per heavy atom. The van der Waals surface area contributed by atoms with Gasteiger partial charge in [0, 0.05) is 0 Å². The third kappa shape index (κ3) is 4.99. The van der Waals surface area contributed by atoms with E-state index in [9.17, 15) is 4.79 Å². The van der Waals surface area contributed by atoms with Crippen LogP contribution in [0.3, 0.4) is 0 Å². The predicted octanol–water partition coefficient (Wildman–Crippen LogP) is 4.41. The van der Waals surface area contributed by atoms with Crippen molar-refractivity contribution >= 4 is 29.4 Å². The van der Waals surface area contributed by atoms with E-state index in [0.29, 0.717) is 0 Å². The van der Waals surface area contributed by atoms with Crippen molar-refractivity contribution in [2.45, 2.75) is 26.4 Å². The number of hydrogen-bond acceptors (Lipinski definition) is 2. The van der Waals surface area contributed by atoms with Crippen molar-refractivity contribution < 1.29 is 9.53 Å². The fourth-order valence-electron chi connectivity index (χ4n) is 2.96. The van der Waals surface area contributed by atoms with E-state index in [1.807, 2.05) is 87.5 Å². The topological polar surface area (TPSA) is 26.3 Å². The van der Waals surface area contributed by atoms with Crippen LogP contribution in [0.1, 0.15) is 26.3 Å². The van der Waals surface area contributed by atoms with Crippen LogP contribution in [0.15, 0.2) is 91.0 Å². The first-order valence-electron chi connectivity index (χ1n) is 9.09. The first-order valence-corrected chi connectivity index (χ1v) is 10.6. The van der Waals surface area contributed by atoms with Crippen LogP contribution >= 0.6 is 7.55 Å². The van der Waals surface area contributed by atoms with E-state index in [2.05, 4.69) is 24.3 Å². The zero-order valence-electron chi connectivity index (χ0n) is 16.0. The van der Waals surface area contributed by atoms with Crippen LogP contribution in [0.25, 0.3) is 0 Å². The molecule has 0 bridgehead atoms. The maximum atomic E-state index is 13.3. The minimum absolute atomic E-state index is 0.240. The Balaban J connectivity index is 2.31. The van der Waals surface area contributed by atoms with E-state index in [1.54, 1.807) is 0 Å². The molecule has 3 rings (SSSR count). The molecule has 138 valence electrons. The molecule has 3 aromatic carbocycles. The molecule has 0 aliphatic rings. The second-order valence-corrected chi connectivity index (χ2v) is 9.75. The number of carbonyl (C=O) groups is 1. The smallest absolute Gasteiger partial charge is 0.339 e. The highest BCUT2D eigenvalue weighted by atomic mass is 31.1. The Bertz CT molecular complexity index is 883. The van der Waals surface area contributed by atoms with Crippen LogP contribution in [0, 0.1) is 0 Å². The second-order valence-electron chi connectivity index (χ2n) is 7.35. The molecule has 3 heteroatoms. The maximum Gasteiger partial charge on any atom is 0.339 e. The Morgan fingerprint density at radius 2 is 1.11 bits per heavy atom. The van der Waals surface area contributed by atoms with E-state index >= 15 is 0 Å². The second kappa shape index (κ2) is 8.41. The van der Waals surface area contributed by atoms with Crippen LogP contribution in [-0.2, 0) is 9.53 Å². The summed E-state index contributed by atoms with van der Waals surface area (Å²) >= 11 is 0. The molecular formula is C24H25O2P. The van der Waals surface area contributed by atoms with Gasteiger partial charge in [0.2, 0.25) is 0 Å². The van der Waals surface area contributed by atoms with Gasteiger partial charge in [-0.2, -0.15) is 0 Å². The molecule has 0 heterocycles. The summed E-state index contributed by atoms with van der Waals surface area (Å²) < 4.78 is 5.83. The first-order chi connectivity index (χ1) is 13.0. The van der Waals surface area contributed by atoms with Gasteiger partial charge in [-0.05, 0) is 44.5 Å². The summed E-state index contributed by atoms with van der Waals surface area (Å²) in [5.74, 6) is -0.240. The third-order valence-corrected chi connectivity index (χ3v) is 6.85. The lowest BCUT2D eigenvalue weighted by molar-refractivity contribution is -0.145. The van der Waals surface area contributed by atoms with Crippen molar-refractivity contribution in [1.82, 2.24) is 0 Å². The fourth-order valence-corrected chi connectivity index (χ4v) is 5.64. The summed E-state index contributed by atoms with van der Waals surface area (Å²) in [4.78, 5) is 13.3. The highest BCUT2D eigenvalue weighted by Crippen LogP contribution is 2.29. The van der Waals surface area contributed by atoms with Crippen molar-refractivity contribution in [2.75, 3.05) is 0 Å². The van der Waals surface area contributed by atoms with Gasteiger partial charge in [0.15, 0.2) is 0 Å². The van der Waals surface area contributed by atoms with Crippen molar-refractivity contribution in [1.29, 1.82) is 0 Å². The van der Waals surface area contributed by atoms with Crippen LogP contribution in [0.5, 0.6) is 0 Å². The molecule has 0 atom stereocenters. The average molecular weight is 376 g/mol. The molecule has 0 fully saturated rings. The molecule has 0 saturated heterocycles. The minimum Gasteiger partial charge on any atom is -0.456 e. The highest BCUT2D eigenvalue weighted by Gasteiger charge is 2.24. The molecule has 3 aromatic rings. The van der Waals surface area contributed by atoms with Crippen LogP contribution < -0.4 is 10.6 Å². The molecule has 0 spiro atoms. The number of hydrogen-bond donors (Lipinski definition) is 0. The van der Waals surface area contributed by atoms with Gasteiger partial charge in [0.25, 0.3) is 0 Å². The molecule has 0 saturated carbocycles. The van der Waals surface area contributed by atoms with Gasteiger partial charge in [0.1, 0.15) is 5.60 Å². The quantitative estimate of drug-likeness (QED) is 0.498. The van der Waals surface area contributed by atoms with Gasteiger partial charge in [0.05, 0.1) is 5.29 Å². The molecular weight excluding hydrogens is 351 g/mol. The van der Waals surface area contributed by atoms with E-state index < -0.39 is 13.1 Å². The fraction of sp³-hybridized carbons (Fsp3) is 0.167. The summed E-state index contributed by atoms with van der Waals surface area (Å²) in [7, 11) is -1.52. The molecule has 0 amide bonds. The number of benzene rings is 3. The third-order valence-electron chi connectivity index (χ3n) is 4.04. The van der Waals surface area contributed by atoms with Crippen molar-refractivity contribution in [2.24, 2.45) is 0 Å². The Morgan fingerprint density at radius 1 is 0.704 bits per heavy atom. The lowest BCUT2D eigenvalue weighted by Crippen LogP contribution is -2.31. The van der Waals surface area contributed by atoms with E-state index in [4.69, 9.17) is 4.74 Å². The van der Waals surface area contributed by atoms with Gasteiger partial charge in [-0.15, -0.1) is 0 Å². The average Bonchev–Trinajstić information content (AvgIpc) is 2.66. The van der Waals surface area contributed by atoms with E-state index in [1.165, 1.54) is 10.6 Å². The predicted molar refractivity (Wildman–Crippen MR) is 117 cm³/mol. The Kier molecular flexibility index (Phi) is 5.98. The summed E-state index contributed by atoms with van der Waals surface area (Å²) in [5, 5.41) is 3.09. The van der Waals surface area contributed by atoms with Gasteiger partial charge < -0.3 is 4.74 Å². The summed E-state index contributed by atoms with van der Waals surface area (Å²) in [6.07, 6.45) is 0. The van der Waals surface area contributed by atoms with Gasteiger partial charge in [-0.1, -0.05) is 91.0 Å². The van der Waals surface area contributed by atoms with Gasteiger partial charge in [-0.25, -0.2) is 4.79 Å². The lowest BCUT2D eigenvalue weighted by atomic mass is 10.1. The first kappa shape index (κ1) is 19.2. The SMILES string of the molecule is CC(C)(C)OC(=O)C(c1ccccc1)=[PH](c1ccccc1)c1ccccc1. The number of carbonyl (C=O) groups excluding carboxylic acids is 1. The summed E-state index contributed by atoms with van der Waals surface area (Å²) in [6, 6.07) is 30.4. The van der Waals surface area contributed by atoms with Gasteiger partial charge >= 0.3 is 5.97 Å². The molecule has 0 aliphatic carbocycles. The molecule has 27 heavy (non-hydrogen) atoms. The molecule has 0 radical (unpaired) electrons. The van der Waals surface area contributed by atoms with Crippen molar-refractivity contribution in [3.05, 3.63) is 96.6 Å². The van der Waals surface area contributed by atoms with Crippen LogP contribution in [0.2, 0.25) is 0 Å². The zero-order chi connectivity index (χ0) is 19.3. The molecule has 0 N–H and O–H groups in total. The number of rotatable bonds is 4. The van der Waals surface area contributed by atoms with Crippen molar-refractivity contribution in [3.63, 3.8) is 0 Å². The Labute approximate surface area is 162 Å². The number of esters is 1. The Hall–Kier alpha value is -2.57. The van der Waals surface area contributed by atoms with Gasteiger partial charge in [-0.3, -0.25) is 0 Å². The molecule has 0 unspecified atom stereocenters. The van der Waals surface area contributed by atoms with E-state index in [0.717, 1.165) is 10.9 Å². The summed E-state index contributed by atoms with van der Waals surface area (Å²) in [6.45, 7) is 5.72. The maximum absolute atomic E-state index is 13.3. The van der Waals surface area contributed by atoms with Crippen molar-refractivity contribution in [3.8, 4) is 0 Å². The number of ether oxygens (including phenoxy) is 1. The molecule has 2 nitrogen and oxygen atoms in total. The lowest BCUT2D eigenvalue weighted by Gasteiger charge is -2.23. The van der Waals surface area contributed by atoms with Crippen LogP contribution in [0.4, 0.5) is 0 Å². The molecule has 0 aliphatic heterocycles. The highest BCUT2D eigenvalue weighted by molar-refractivity contribution is 7.75. The van der Waals surface area contributed by atoms with E-state index in [-0.39, 0.29) is 5.97 Å². The monoisotopic (exact) mass is 376 g/mol. The standard InChI is InChI=1S/C24H25O2P/c1-24(2,3)26-23(25)22(19-13-7-4-8-14-19)27(20-15-9-5-10-16-20)21-17-11-6-12-18-21/h4-18,27H,1-3H3. The summed E-state index contributed by atoms with van der Waals surface area (Å²) in [5.41, 5.74) is 0.380. The normalized spacial score (nSPS) is 11.3. The minimum atomic E-state index is -1.52.